The lowest BCUT2D eigenvalue weighted by atomic mass is 10.1. The van der Waals surface area contributed by atoms with Gasteiger partial charge < -0.3 is 4.74 Å². The van der Waals surface area contributed by atoms with Crippen molar-refractivity contribution in [1.82, 2.24) is 0 Å². The topological polar surface area (TPSA) is 26.3 Å². The van der Waals surface area contributed by atoms with Crippen LogP contribution in [-0.2, 0) is 16.0 Å². The van der Waals surface area contributed by atoms with E-state index in [-0.39, 0.29) is 5.97 Å². The van der Waals surface area contributed by atoms with Gasteiger partial charge in [-0.2, -0.15) is 0 Å². The molecule has 0 saturated carbocycles. The highest BCUT2D eigenvalue weighted by Gasteiger charge is 2.12. The smallest absolute Gasteiger partial charge is 0.330 e. The summed E-state index contributed by atoms with van der Waals surface area (Å²) in [6.07, 6.45) is 6.46. The minimum atomic E-state index is -0.398. The van der Waals surface area contributed by atoms with E-state index in [4.69, 9.17) is 4.74 Å². The Morgan fingerprint density at radius 1 is 1.27 bits per heavy atom. The van der Waals surface area contributed by atoms with Crippen LogP contribution in [0.1, 0.15) is 44.4 Å². The summed E-state index contributed by atoms with van der Waals surface area (Å²) in [7, 11) is 0. The standard InChI is InChI=1S/C12H15Br.C7H12O2/c1-4-5-6-11-7-9(2)12(13)10(3)8-11;1-5-6(8)9-7(2,3)4/h4-5,7-8H,6H2,1-3H3;5H,1H2,2-4H3/b5-4+;. The quantitative estimate of drug-likeness (QED) is 0.389. The van der Waals surface area contributed by atoms with E-state index in [1.807, 2.05) is 20.8 Å². The summed E-state index contributed by atoms with van der Waals surface area (Å²) >= 11 is 3.56. The van der Waals surface area contributed by atoms with Crippen molar-refractivity contribution in [3.8, 4) is 0 Å². The van der Waals surface area contributed by atoms with E-state index >= 15 is 0 Å². The summed E-state index contributed by atoms with van der Waals surface area (Å²) in [6, 6.07) is 4.47. The number of benzene rings is 1. The zero-order valence-corrected chi connectivity index (χ0v) is 16.1. The first-order valence-electron chi connectivity index (χ1n) is 7.33. The molecule has 0 aliphatic heterocycles. The second-order valence-corrected chi connectivity index (χ2v) is 6.85. The summed E-state index contributed by atoms with van der Waals surface area (Å²) in [5.41, 5.74) is 3.63. The van der Waals surface area contributed by atoms with Crippen molar-refractivity contribution in [2.24, 2.45) is 0 Å². The number of allylic oxidation sites excluding steroid dienone is 2. The number of ether oxygens (including phenoxy) is 1. The molecule has 122 valence electrons. The number of carbonyl (C=O) groups excluding carboxylic acids is 1. The minimum Gasteiger partial charge on any atom is -0.457 e. The Bertz CT molecular complexity index is 514. The number of aryl methyl sites for hydroxylation is 2. The van der Waals surface area contributed by atoms with Crippen LogP contribution in [-0.4, -0.2) is 11.6 Å². The van der Waals surface area contributed by atoms with Crippen LogP contribution in [0.25, 0.3) is 0 Å². The zero-order chi connectivity index (χ0) is 17.3. The minimum absolute atomic E-state index is 0.373. The molecule has 0 heterocycles. The van der Waals surface area contributed by atoms with Crippen LogP contribution in [0.4, 0.5) is 0 Å². The number of halogens is 1. The molecule has 0 atom stereocenters. The Morgan fingerprint density at radius 3 is 2.09 bits per heavy atom. The van der Waals surface area contributed by atoms with Gasteiger partial charge >= 0.3 is 5.97 Å². The molecule has 0 radical (unpaired) electrons. The van der Waals surface area contributed by atoms with E-state index in [2.05, 4.69) is 67.6 Å². The van der Waals surface area contributed by atoms with Gasteiger partial charge in [0.1, 0.15) is 5.60 Å². The van der Waals surface area contributed by atoms with Crippen molar-refractivity contribution in [2.75, 3.05) is 0 Å². The van der Waals surface area contributed by atoms with Gasteiger partial charge in [0.05, 0.1) is 0 Å². The van der Waals surface area contributed by atoms with E-state index in [1.165, 1.54) is 21.2 Å². The second kappa shape index (κ2) is 9.62. The van der Waals surface area contributed by atoms with Gasteiger partial charge in [-0.3, -0.25) is 0 Å². The predicted octanol–water partition coefficient (Wildman–Crippen LogP) is 5.70. The lowest BCUT2D eigenvalue weighted by molar-refractivity contribution is -0.148. The monoisotopic (exact) mass is 366 g/mol. The maximum absolute atomic E-state index is 10.5. The Labute approximate surface area is 143 Å². The van der Waals surface area contributed by atoms with Crippen molar-refractivity contribution in [3.05, 3.63) is 58.1 Å². The van der Waals surface area contributed by atoms with Crippen LogP contribution in [0, 0.1) is 13.8 Å². The fourth-order valence-electron chi connectivity index (χ4n) is 1.75. The van der Waals surface area contributed by atoms with Gasteiger partial charge in [0.25, 0.3) is 0 Å². The van der Waals surface area contributed by atoms with Crippen molar-refractivity contribution in [3.63, 3.8) is 0 Å². The molecular weight excluding hydrogens is 340 g/mol. The molecule has 0 amide bonds. The molecule has 0 saturated heterocycles. The van der Waals surface area contributed by atoms with Crippen LogP contribution in [0.15, 0.2) is 41.4 Å². The van der Waals surface area contributed by atoms with E-state index in [0.717, 1.165) is 12.5 Å². The van der Waals surface area contributed by atoms with Gasteiger partial charge in [-0.25, -0.2) is 4.79 Å². The molecule has 1 aromatic rings. The van der Waals surface area contributed by atoms with Crippen LogP contribution in [0.2, 0.25) is 0 Å². The Kier molecular flexibility index (Phi) is 9.03. The first-order valence-corrected chi connectivity index (χ1v) is 8.12. The molecule has 1 rings (SSSR count). The molecule has 3 heteroatoms. The highest BCUT2D eigenvalue weighted by Crippen LogP contribution is 2.22. The number of rotatable bonds is 3. The lowest BCUT2D eigenvalue weighted by Crippen LogP contribution is -2.22. The first kappa shape index (κ1) is 20.6. The van der Waals surface area contributed by atoms with Gasteiger partial charge in [0.2, 0.25) is 0 Å². The molecule has 0 aromatic heterocycles. The Balaban J connectivity index is 0.000000433. The van der Waals surface area contributed by atoms with E-state index in [1.54, 1.807) is 0 Å². The summed E-state index contributed by atoms with van der Waals surface area (Å²) in [6.45, 7) is 15.0. The average molecular weight is 367 g/mol. The third-order valence-electron chi connectivity index (χ3n) is 2.66. The lowest BCUT2D eigenvalue weighted by Gasteiger charge is -2.17. The summed E-state index contributed by atoms with van der Waals surface area (Å²) in [5, 5.41) is 0. The van der Waals surface area contributed by atoms with E-state index in [0.29, 0.717) is 0 Å². The predicted molar refractivity (Wildman–Crippen MR) is 98.2 cm³/mol. The molecule has 22 heavy (non-hydrogen) atoms. The molecule has 2 nitrogen and oxygen atoms in total. The number of hydrogen-bond acceptors (Lipinski definition) is 2. The molecular formula is C19H27BrO2. The molecule has 1 aromatic carbocycles. The third kappa shape index (κ3) is 8.83. The van der Waals surface area contributed by atoms with Gasteiger partial charge in [0.15, 0.2) is 0 Å². The van der Waals surface area contributed by atoms with Crippen LogP contribution in [0.5, 0.6) is 0 Å². The second-order valence-electron chi connectivity index (χ2n) is 6.05. The van der Waals surface area contributed by atoms with Crippen LogP contribution in [0.3, 0.4) is 0 Å². The van der Waals surface area contributed by atoms with Crippen LogP contribution < -0.4 is 0 Å². The Morgan fingerprint density at radius 2 is 1.77 bits per heavy atom. The van der Waals surface area contributed by atoms with Crippen molar-refractivity contribution in [1.29, 1.82) is 0 Å². The van der Waals surface area contributed by atoms with Gasteiger partial charge in [-0.05, 0) is 64.7 Å². The highest BCUT2D eigenvalue weighted by atomic mass is 79.9. The fourth-order valence-corrected chi connectivity index (χ4v) is 1.98. The molecule has 0 fully saturated rings. The number of hydrogen-bond donors (Lipinski definition) is 0. The summed E-state index contributed by atoms with van der Waals surface area (Å²) in [5.74, 6) is -0.373. The number of esters is 1. The Hall–Kier alpha value is -1.35. The van der Waals surface area contributed by atoms with Gasteiger partial charge in [0, 0.05) is 10.5 Å². The average Bonchev–Trinajstić information content (AvgIpc) is 2.41. The molecule has 0 aliphatic rings. The molecule has 0 N–H and O–H groups in total. The largest absolute Gasteiger partial charge is 0.457 e. The number of carbonyl (C=O) groups is 1. The zero-order valence-electron chi connectivity index (χ0n) is 14.5. The van der Waals surface area contributed by atoms with E-state index in [9.17, 15) is 4.79 Å². The maximum atomic E-state index is 10.5. The summed E-state index contributed by atoms with van der Waals surface area (Å²) in [4.78, 5) is 10.5. The normalized spacial score (nSPS) is 10.9. The molecule has 0 aliphatic carbocycles. The highest BCUT2D eigenvalue weighted by molar-refractivity contribution is 9.10. The van der Waals surface area contributed by atoms with Gasteiger partial charge in [-0.1, -0.05) is 46.8 Å². The van der Waals surface area contributed by atoms with Crippen molar-refractivity contribution < 1.29 is 9.53 Å². The summed E-state index contributed by atoms with van der Waals surface area (Å²) < 4.78 is 6.06. The third-order valence-corrected chi connectivity index (χ3v) is 3.91. The first-order chi connectivity index (χ1) is 10.1. The van der Waals surface area contributed by atoms with E-state index < -0.39 is 5.60 Å². The molecule has 0 spiro atoms. The van der Waals surface area contributed by atoms with Crippen molar-refractivity contribution >= 4 is 21.9 Å². The van der Waals surface area contributed by atoms with Crippen molar-refractivity contribution in [2.45, 2.75) is 53.6 Å². The maximum Gasteiger partial charge on any atom is 0.330 e. The van der Waals surface area contributed by atoms with Crippen LogP contribution >= 0.6 is 15.9 Å². The van der Waals surface area contributed by atoms with Gasteiger partial charge in [-0.15, -0.1) is 0 Å². The molecule has 0 unspecified atom stereocenters. The fraction of sp³-hybridized carbons (Fsp3) is 0.421. The molecule has 0 bridgehead atoms. The SMILES string of the molecule is C/C=C/Cc1cc(C)c(Br)c(C)c1.C=CC(=O)OC(C)(C)C.